The maximum atomic E-state index is 13.1. The van der Waals surface area contributed by atoms with E-state index >= 15 is 0 Å². The number of benzene rings is 2. The van der Waals surface area contributed by atoms with Crippen LogP contribution in [0.25, 0.3) is 5.69 Å². The normalized spacial score (nSPS) is 11.3. The molecular formula is C22H26FN5O2. The van der Waals surface area contributed by atoms with Crippen molar-refractivity contribution in [2.75, 3.05) is 32.6 Å². The SMILES string of the molecule is CCOc1ccc(NC(=NC)NCCc2ccn(-c3ccc(F)cc3)n2)cc1OC. The quantitative estimate of drug-likeness (QED) is 0.437. The van der Waals surface area contributed by atoms with Gasteiger partial charge >= 0.3 is 0 Å². The molecule has 0 aliphatic heterocycles. The smallest absolute Gasteiger partial charge is 0.195 e. The third-order valence-electron chi connectivity index (χ3n) is 4.36. The molecule has 30 heavy (non-hydrogen) atoms. The monoisotopic (exact) mass is 411 g/mol. The van der Waals surface area contributed by atoms with Gasteiger partial charge in [0.15, 0.2) is 17.5 Å². The fourth-order valence-electron chi connectivity index (χ4n) is 2.88. The number of hydrogen-bond donors (Lipinski definition) is 2. The van der Waals surface area contributed by atoms with Crippen LogP contribution in [0.5, 0.6) is 11.5 Å². The molecule has 3 rings (SSSR count). The van der Waals surface area contributed by atoms with Crippen LogP contribution in [0.3, 0.4) is 0 Å². The molecule has 0 amide bonds. The van der Waals surface area contributed by atoms with E-state index in [-0.39, 0.29) is 5.82 Å². The van der Waals surface area contributed by atoms with Gasteiger partial charge in [-0.25, -0.2) is 9.07 Å². The third kappa shape index (κ3) is 5.50. The van der Waals surface area contributed by atoms with Gasteiger partial charge in [-0.15, -0.1) is 0 Å². The number of nitrogens with zero attached hydrogens (tertiary/aromatic N) is 3. The van der Waals surface area contributed by atoms with Crippen molar-refractivity contribution >= 4 is 11.6 Å². The van der Waals surface area contributed by atoms with Crippen molar-refractivity contribution in [3.8, 4) is 17.2 Å². The Labute approximate surface area is 175 Å². The number of nitrogens with one attached hydrogen (secondary N) is 2. The molecule has 2 N–H and O–H groups in total. The summed E-state index contributed by atoms with van der Waals surface area (Å²) in [6.45, 7) is 3.15. The van der Waals surface area contributed by atoms with Gasteiger partial charge in [0.25, 0.3) is 0 Å². The highest BCUT2D eigenvalue weighted by Gasteiger charge is 2.07. The zero-order valence-corrected chi connectivity index (χ0v) is 17.4. The maximum Gasteiger partial charge on any atom is 0.195 e. The molecule has 1 heterocycles. The first kappa shape index (κ1) is 21.2. The Kier molecular flexibility index (Phi) is 7.26. The standard InChI is InChI=1S/C22H26FN5O2/c1-4-30-20-10-7-18(15-21(20)29-3)26-22(24-2)25-13-11-17-12-14-28(27-17)19-8-5-16(23)6-9-19/h5-10,12,14-15H,4,11,13H2,1-3H3,(H2,24,25,26). The molecule has 1 aromatic heterocycles. The molecule has 0 atom stereocenters. The van der Waals surface area contributed by atoms with Gasteiger partial charge in [0, 0.05) is 38.0 Å². The van der Waals surface area contributed by atoms with Gasteiger partial charge < -0.3 is 20.1 Å². The Bertz CT molecular complexity index is 985. The number of aliphatic imine (C=N–C) groups is 1. The topological polar surface area (TPSA) is 72.7 Å². The summed E-state index contributed by atoms with van der Waals surface area (Å²) in [7, 11) is 3.32. The Morgan fingerprint density at radius 1 is 1.13 bits per heavy atom. The lowest BCUT2D eigenvalue weighted by atomic mass is 10.2. The fourth-order valence-corrected chi connectivity index (χ4v) is 2.88. The Balaban J connectivity index is 1.54. The summed E-state index contributed by atoms with van der Waals surface area (Å²) < 4.78 is 25.7. The average molecular weight is 411 g/mol. The van der Waals surface area contributed by atoms with Crippen molar-refractivity contribution in [3.05, 3.63) is 66.2 Å². The zero-order valence-electron chi connectivity index (χ0n) is 17.4. The zero-order chi connectivity index (χ0) is 21.3. The second-order valence-corrected chi connectivity index (χ2v) is 6.40. The van der Waals surface area contributed by atoms with Crippen molar-refractivity contribution < 1.29 is 13.9 Å². The van der Waals surface area contributed by atoms with Gasteiger partial charge in [0.05, 0.1) is 25.1 Å². The summed E-state index contributed by atoms with van der Waals surface area (Å²) in [6, 6.07) is 13.8. The van der Waals surface area contributed by atoms with Crippen LogP contribution in [-0.4, -0.2) is 43.0 Å². The molecule has 7 nitrogen and oxygen atoms in total. The molecule has 0 spiro atoms. The van der Waals surface area contributed by atoms with E-state index in [4.69, 9.17) is 9.47 Å². The van der Waals surface area contributed by atoms with E-state index in [2.05, 4.69) is 20.7 Å². The highest BCUT2D eigenvalue weighted by Crippen LogP contribution is 2.30. The van der Waals surface area contributed by atoms with E-state index in [9.17, 15) is 4.39 Å². The molecule has 0 radical (unpaired) electrons. The summed E-state index contributed by atoms with van der Waals surface area (Å²) in [5, 5.41) is 11.0. The highest BCUT2D eigenvalue weighted by atomic mass is 19.1. The van der Waals surface area contributed by atoms with Gasteiger partial charge in [-0.1, -0.05) is 0 Å². The van der Waals surface area contributed by atoms with Crippen molar-refractivity contribution in [3.63, 3.8) is 0 Å². The highest BCUT2D eigenvalue weighted by molar-refractivity contribution is 5.93. The maximum absolute atomic E-state index is 13.1. The van der Waals surface area contributed by atoms with Crippen molar-refractivity contribution in [1.82, 2.24) is 15.1 Å². The van der Waals surface area contributed by atoms with Crippen LogP contribution in [0.4, 0.5) is 10.1 Å². The number of ether oxygens (including phenoxy) is 2. The van der Waals surface area contributed by atoms with E-state index in [1.807, 2.05) is 37.4 Å². The van der Waals surface area contributed by atoms with E-state index in [0.717, 1.165) is 17.1 Å². The van der Waals surface area contributed by atoms with Crippen LogP contribution < -0.4 is 20.1 Å². The lowest BCUT2D eigenvalue weighted by Gasteiger charge is -2.14. The lowest BCUT2D eigenvalue weighted by Crippen LogP contribution is -2.32. The Morgan fingerprint density at radius 2 is 1.93 bits per heavy atom. The number of guanidine groups is 1. The van der Waals surface area contributed by atoms with E-state index in [0.29, 0.717) is 37.0 Å². The molecule has 0 bridgehead atoms. The molecule has 3 aromatic rings. The minimum atomic E-state index is -0.264. The third-order valence-corrected chi connectivity index (χ3v) is 4.36. The number of rotatable bonds is 8. The van der Waals surface area contributed by atoms with Crippen LogP contribution in [0.1, 0.15) is 12.6 Å². The average Bonchev–Trinajstić information content (AvgIpc) is 3.23. The number of aromatic nitrogens is 2. The molecule has 0 fully saturated rings. The second-order valence-electron chi connectivity index (χ2n) is 6.40. The molecule has 8 heteroatoms. The minimum Gasteiger partial charge on any atom is -0.493 e. The molecule has 0 unspecified atom stereocenters. The van der Waals surface area contributed by atoms with Gasteiger partial charge in [-0.2, -0.15) is 5.10 Å². The molecule has 2 aromatic carbocycles. The van der Waals surface area contributed by atoms with E-state index in [1.54, 1.807) is 31.0 Å². The molecule has 0 aliphatic carbocycles. The Hall–Kier alpha value is -3.55. The van der Waals surface area contributed by atoms with E-state index < -0.39 is 0 Å². The predicted molar refractivity (Wildman–Crippen MR) is 116 cm³/mol. The number of anilines is 1. The summed E-state index contributed by atoms with van der Waals surface area (Å²) in [6.07, 6.45) is 2.57. The number of hydrogen-bond acceptors (Lipinski definition) is 4. The first-order valence-electron chi connectivity index (χ1n) is 9.72. The van der Waals surface area contributed by atoms with Gasteiger partial charge in [-0.05, 0) is 49.4 Å². The van der Waals surface area contributed by atoms with Crippen molar-refractivity contribution in [2.24, 2.45) is 4.99 Å². The molecular weight excluding hydrogens is 385 g/mol. The molecule has 0 aliphatic rings. The number of halogens is 1. The predicted octanol–water partition coefficient (Wildman–Crippen LogP) is 3.65. The first-order chi connectivity index (χ1) is 14.6. The van der Waals surface area contributed by atoms with Gasteiger partial charge in [-0.3, -0.25) is 4.99 Å². The summed E-state index contributed by atoms with van der Waals surface area (Å²) in [4.78, 5) is 4.25. The molecule has 0 saturated heterocycles. The van der Waals surface area contributed by atoms with Gasteiger partial charge in [0.1, 0.15) is 5.82 Å². The van der Waals surface area contributed by atoms with Crippen molar-refractivity contribution in [1.29, 1.82) is 0 Å². The number of methoxy groups -OCH3 is 1. The van der Waals surface area contributed by atoms with Crippen LogP contribution in [0, 0.1) is 5.82 Å². The second kappa shape index (κ2) is 10.3. The summed E-state index contributed by atoms with van der Waals surface area (Å²) >= 11 is 0. The van der Waals surface area contributed by atoms with Crippen molar-refractivity contribution in [2.45, 2.75) is 13.3 Å². The molecule has 158 valence electrons. The molecule has 0 saturated carbocycles. The fraction of sp³-hybridized carbons (Fsp3) is 0.273. The van der Waals surface area contributed by atoms with E-state index in [1.165, 1.54) is 12.1 Å². The van der Waals surface area contributed by atoms with Crippen LogP contribution in [0.2, 0.25) is 0 Å². The summed E-state index contributed by atoms with van der Waals surface area (Å²) in [5.74, 6) is 1.73. The first-order valence-corrected chi connectivity index (χ1v) is 9.72. The largest absolute Gasteiger partial charge is 0.493 e. The van der Waals surface area contributed by atoms with Crippen LogP contribution in [-0.2, 0) is 6.42 Å². The minimum absolute atomic E-state index is 0.264. The van der Waals surface area contributed by atoms with Crippen LogP contribution >= 0.6 is 0 Å². The van der Waals surface area contributed by atoms with Gasteiger partial charge in [0.2, 0.25) is 0 Å². The summed E-state index contributed by atoms with van der Waals surface area (Å²) in [5.41, 5.74) is 2.58. The lowest BCUT2D eigenvalue weighted by molar-refractivity contribution is 0.311. The van der Waals surface area contributed by atoms with Crippen LogP contribution in [0.15, 0.2) is 59.7 Å². The Morgan fingerprint density at radius 3 is 2.63 bits per heavy atom.